The lowest BCUT2D eigenvalue weighted by Crippen LogP contribution is -2.38. The molecule has 2 aromatic carbocycles. The number of aliphatic hydroxyl groups excluding tert-OH is 1. The zero-order valence-corrected chi connectivity index (χ0v) is 12.9. The first kappa shape index (κ1) is 17.1. The van der Waals surface area contributed by atoms with E-state index in [0.29, 0.717) is 19.6 Å². The summed E-state index contributed by atoms with van der Waals surface area (Å²) in [6.45, 7) is 1.59. The Labute approximate surface area is 135 Å². The third-order valence-electron chi connectivity index (χ3n) is 3.44. The van der Waals surface area contributed by atoms with Gasteiger partial charge in [0.05, 0.1) is 13.2 Å². The third-order valence-corrected chi connectivity index (χ3v) is 3.44. The number of hydrogen-bond acceptors (Lipinski definition) is 3. The van der Waals surface area contributed by atoms with E-state index >= 15 is 0 Å². The average Bonchev–Trinajstić information content (AvgIpc) is 2.55. The van der Waals surface area contributed by atoms with Gasteiger partial charge >= 0.3 is 0 Å². The maximum atomic E-state index is 12.8. The number of rotatable bonds is 8. The van der Waals surface area contributed by atoms with Crippen molar-refractivity contribution in [2.45, 2.75) is 13.1 Å². The Bertz CT molecular complexity index is 602. The van der Waals surface area contributed by atoms with Gasteiger partial charge in [0.15, 0.2) is 0 Å². The van der Waals surface area contributed by atoms with Crippen LogP contribution in [-0.4, -0.2) is 35.6 Å². The lowest BCUT2D eigenvalue weighted by molar-refractivity contribution is -0.122. The molecule has 0 aliphatic heterocycles. The molecule has 5 heteroatoms. The van der Waals surface area contributed by atoms with Crippen LogP contribution in [0.25, 0.3) is 0 Å². The van der Waals surface area contributed by atoms with Gasteiger partial charge in [-0.05, 0) is 23.3 Å². The number of nitrogens with zero attached hydrogens (tertiary/aromatic N) is 1. The van der Waals surface area contributed by atoms with E-state index in [9.17, 15) is 9.18 Å². The molecular weight excluding hydrogens is 295 g/mol. The van der Waals surface area contributed by atoms with Gasteiger partial charge in [0, 0.05) is 19.6 Å². The molecular formula is C18H21FN2O2. The number of carbonyl (C=O) groups is 1. The van der Waals surface area contributed by atoms with Gasteiger partial charge in [-0.3, -0.25) is 9.69 Å². The van der Waals surface area contributed by atoms with Crippen molar-refractivity contribution in [1.82, 2.24) is 10.2 Å². The van der Waals surface area contributed by atoms with Gasteiger partial charge in [-0.1, -0.05) is 42.5 Å². The topological polar surface area (TPSA) is 52.6 Å². The highest BCUT2D eigenvalue weighted by Gasteiger charge is 2.10. The van der Waals surface area contributed by atoms with Crippen molar-refractivity contribution in [3.63, 3.8) is 0 Å². The normalized spacial score (nSPS) is 10.7. The first-order valence-corrected chi connectivity index (χ1v) is 7.55. The zero-order chi connectivity index (χ0) is 16.5. The molecule has 0 unspecified atom stereocenters. The third kappa shape index (κ3) is 6.18. The molecule has 0 aromatic heterocycles. The molecule has 4 nitrogen and oxygen atoms in total. The summed E-state index contributed by atoms with van der Waals surface area (Å²) in [6, 6.07) is 15.8. The summed E-state index contributed by atoms with van der Waals surface area (Å²) >= 11 is 0. The minimum absolute atomic E-state index is 0.00191. The summed E-state index contributed by atoms with van der Waals surface area (Å²) in [5, 5.41) is 12.0. The predicted octanol–water partition coefficient (Wildman–Crippen LogP) is 1.94. The van der Waals surface area contributed by atoms with E-state index < -0.39 is 0 Å². The van der Waals surface area contributed by atoms with Crippen LogP contribution in [0, 0.1) is 5.82 Å². The first-order chi connectivity index (χ1) is 11.2. The largest absolute Gasteiger partial charge is 0.395 e. The van der Waals surface area contributed by atoms with E-state index in [1.54, 1.807) is 12.1 Å². The van der Waals surface area contributed by atoms with Gasteiger partial charge < -0.3 is 10.4 Å². The maximum Gasteiger partial charge on any atom is 0.234 e. The van der Waals surface area contributed by atoms with Crippen LogP contribution in [0.2, 0.25) is 0 Å². The summed E-state index contributed by atoms with van der Waals surface area (Å²) in [5.74, 6) is -0.421. The van der Waals surface area contributed by atoms with Gasteiger partial charge in [-0.2, -0.15) is 0 Å². The Morgan fingerprint density at radius 2 is 1.74 bits per heavy atom. The van der Waals surface area contributed by atoms with Gasteiger partial charge in [0.25, 0.3) is 0 Å². The molecule has 0 saturated heterocycles. The van der Waals surface area contributed by atoms with E-state index in [0.717, 1.165) is 11.1 Å². The van der Waals surface area contributed by atoms with E-state index in [4.69, 9.17) is 5.11 Å². The van der Waals surface area contributed by atoms with Gasteiger partial charge in [-0.25, -0.2) is 4.39 Å². The highest BCUT2D eigenvalue weighted by Crippen LogP contribution is 2.05. The smallest absolute Gasteiger partial charge is 0.234 e. The molecule has 0 bridgehead atoms. The molecule has 0 aliphatic carbocycles. The number of nitrogens with one attached hydrogen (secondary N) is 1. The molecule has 0 saturated carbocycles. The minimum Gasteiger partial charge on any atom is -0.395 e. The zero-order valence-electron chi connectivity index (χ0n) is 12.9. The Kier molecular flexibility index (Phi) is 6.72. The molecule has 0 fully saturated rings. The molecule has 2 N–H and O–H groups in total. The average molecular weight is 316 g/mol. The summed E-state index contributed by atoms with van der Waals surface area (Å²) in [7, 11) is 0. The van der Waals surface area contributed by atoms with E-state index in [1.165, 1.54) is 12.1 Å². The summed E-state index contributed by atoms with van der Waals surface area (Å²) in [5.41, 5.74) is 1.93. The van der Waals surface area contributed by atoms with Crippen molar-refractivity contribution in [1.29, 1.82) is 0 Å². The summed E-state index contributed by atoms with van der Waals surface area (Å²) in [6.07, 6.45) is 0. The van der Waals surface area contributed by atoms with Crippen molar-refractivity contribution in [2.75, 3.05) is 19.7 Å². The van der Waals surface area contributed by atoms with Crippen LogP contribution >= 0.6 is 0 Å². The van der Waals surface area contributed by atoms with Gasteiger partial charge in [0.1, 0.15) is 5.82 Å². The SMILES string of the molecule is O=C(CN(CCO)Cc1ccccc1)NCc1ccc(F)cc1. The maximum absolute atomic E-state index is 12.8. The van der Waals surface area contributed by atoms with Crippen molar-refractivity contribution in [2.24, 2.45) is 0 Å². The van der Waals surface area contributed by atoms with Crippen LogP contribution in [-0.2, 0) is 17.9 Å². The molecule has 0 spiro atoms. The molecule has 122 valence electrons. The number of carbonyl (C=O) groups excluding carboxylic acids is 1. The van der Waals surface area contributed by atoms with Crippen LogP contribution in [0.3, 0.4) is 0 Å². The van der Waals surface area contributed by atoms with Crippen molar-refractivity contribution in [3.05, 3.63) is 71.5 Å². The van der Waals surface area contributed by atoms with Crippen LogP contribution < -0.4 is 5.32 Å². The number of aliphatic hydroxyl groups is 1. The van der Waals surface area contributed by atoms with E-state index in [-0.39, 0.29) is 24.9 Å². The fourth-order valence-corrected chi connectivity index (χ4v) is 2.26. The molecule has 2 aromatic rings. The summed E-state index contributed by atoms with van der Waals surface area (Å²) in [4.78, 5) is 13.9. The summed E-state index contributed by atoms with van der Waals surface area (Å²) < 4.78 is 12.8. The fraction of sp³-hybridized carbons (Fsp3) is 0.278. The Morgan fingerprint density at radius 3 is 2.39 bits per heavy atom. The van der Waals surface area contributed by atoms with Crippen molar-refractivity contribution >= 4 is 5.91 Å². The second-order valence-corrected chi connectivity index (χ2v) is 5.32. The Balaban J connectivity index is 1.83. The minimum atomic E-state index is -0.294. The molecule has 2 rings (SSSR count). The highest BCUT2D eigenvalue weighted by atomic mass is 19.1. The molecule has 1 amide bonds. The number of benzene rings is 2. The van der Waals surface area contributed by atoms with Crippen LogP contribution in [0.4, 0.5) is 4.39 Å². The lowest BCUT2D eigenvalue weighted by atomic mass is 10.2. The quantitative estimate of drug-likeness (QED) is 0.782. The number of halogens is 1. The first-order valence-electron chi connectivity index (χ1n) is 7.55. The van der Waals surface area contributed by atoms with Crippen LogP contribution in [0.1, 0.15) is 11.1 Å². The van der Waals surface area contributed by atoms with E-state index in [1.807, 2.05) is 35.2 Å². The number of amides is 1. The van der Waals surface area contributed by atoms with Crippen LogP contribution in [0.15, 0.2) is 54.6 Å². The van der Waals surface area contributed by atoms with E-state index in [2.05, 4.69) is 5.32 Å². The fourth-order valence-electron chi connectivity index (χ4n) is 2.26. The second kappa shape index (κ2) is 9.02. The monoisotopic (exact) mass is 316 g/mol. The molecule has 0 heterocycles. The molecule has 0 aliphatic rings. The van der Waals surface area contributed by atoms with Gasteiger partial charge in [0.2, 0.25) is 5.91 Å². The second-order valence-electron chi connectivity index (χ2n) is 5.32. The standard InChI is InChI=1S/C18H21FN2O2/c19-17-8-6-15(7-9-17)12-20-18(23)14-21(10-11-22)13-16-4-2-1-3-5-16/h1-9,22H,10-14H2,(H,20,23). The molecule has 0 radical (unpaired) electrons. The molecule has 0 atom stereocenters. The Morgan fingerprint density at radius 1 is 1.04 bits per heavy atom. The highest BCUT2D eigenvalue weighted by molar-refractivity contribution is 5.78. The lowest BCUT2D eigenvalue weighted by Gasteiger charge is -2.20. The number of hydrogen-bond donors (Lipinski definition) is 2. The van der Waals surface area contributed by atoms with Crippen molar-refractivity contribution in [3.8, 4) is 0 Å². The molecule has 23 heavy (non-hydrogen) atoms. The van der Waals surface area contributed by atoms with Crippen molar-refractivity contribution < 1.29 is 14.3 Å². The predicted molar refractivity (Wildman–Crippen MR) is 87.1 cm³/mol. The van der Waals surface area contributed by atoms with Gasteiger partial charge in [-0.15, -0.1) is 0 Å². The Hall–Kier alpha value is -2.24. The van der Waals surface area contributed by atoms with Crippen LogP contribution in [0.5, 0.6) is 0 Å².